The van der Waals surface area contributed by atoms with Gasteiger partial charge in [0.1, 0.15) is 18.1 Å². The Morgan fingerprint density at radius 2 is 1.72 bits per heavy atom. The quantitative estimate of drug-likeness (QED) is 0.150. The van der Waals surface area contributed by atoms with Gasteiger partial charge in [-0.15, -0.1) is 0 Å². The Labute approximate surface area is 183 Å². The molecule has 5 unspecified atom stereocenters. The van der Waals surface area contributed by atoms with Crippen LogP contribution in [0.1, 0.15) is 32.4 Å². The Balaban J connectivity index is 2.72. The highest BCUT2D eigenvalue weighted by molar-refractivity contribution is 5.94. The van der Waals surface area contributed by atoms with E-state index < -0.39 is 59.9 Å². The lowest BCUT2D eigenvalue weighted by Gasteiger charge is -2.25. The SMILES string of the molecule is CC(NC(=O)C(N)CCC(=O)O)C(=O)NC(C(=O)NC(Cc1cnc[nH]1)C(=O)O)C(C)O. The molecule has 14 heteroatoms. The van der Waals surface area contributed by atoms with Crippen molar-refractivity contribution in [3.8, 4) is 0 Å². The molecule has 3 amide bonds. The van der Waals surface area contributed by atoms with E-state index >= 15 is 0 Å². The summed E-state index contributed by atoms with van der Waals surface area (Å²) in [5.74, 6) is -5.02. The van der Waals surface area contributed by atoms with Gasteiger partial charge in [-0.3, -0.25) is 19.2 Å². The largest absolute Gasteiger partial charge is 0.481 e. The van der Waals surface area contributed by atoms with E-state index in [0.717, 1.165) is 0 Å². The zero-order valence-corrected chi connectivity index (χ0v) is 17.6. The molecule has 32 heavy (non-hydrogen) atoms. The summed E-state index contributed by atoms with van der Waals surface area (Å²) in [5.41, 5.74) is 6.03. The minimum absolute atomic E-state index is 0.109. The van der Waals surface area contributed by atoms with Gasteiger partial charge in [-0.05, 0) is 20.3 Å². The van der Waals surface area contributed by atoms with Gasteiger partial charge in [0.2, 0.25) is 17.7 Å². The normalized spacial score (nSPS) is 15.5. The van der Waals surface area contributed by atoms with E-state index in [0.29, 0.717) is 5.69 Å². The minimum Gasteiger partial charge on any atom is -0.481 e. The molecule has 0 radical (unpaired) electrons. The number of nitrogens with zero attached hydrogens (tertiary/aromatic N) is 1. The van der Waals surface area contributed by atoms with Crippen LogP contribution < -0.4 is 21.7 Å². The number of aromatic amines is 1. The molecule has 1 aromatic heterocycles. The molecule has 0 aliphatic heterocycles. The fourth-order valence-corrected chi connectivity index (χ4v) is 2.56. The molecule has 0 saturated heterocycles. The number of carbonyl (C=O) groups is 5. The predicted molar refractivity (Wildman–Crippen MR) is 108 cm³/mol. The number of rotatable bonds is 13. The Morgan fingerprint density at radius 3 is 2.22 bits per heavy atom. The second kappa shape index (κ2) is 12.4. The summed E-state index contributed by atoms with van der Waals surface area (Å²) in [7, 11) is 0. The molecular weight excluding hydrogens is 428 g/mol. The zero-order valence-electron chi connectivity index (χ0n) is 17.6. The molecule has 0 aliphatic carbocycles. The first-order chi connectivity index (χ1) is 14.9. The number of aliphatic hydroxyl groups is 1. The maximum Gasteiger partial charge on any atom is 0.326 e. The highest BCUT2D eigenvalue weighted by Gasteiger charge is 2.31. The first-order valence-corrected chi connectivity index (χ1v) is 9.69. The Hall–Kier alpha value is -3.52. The van der Waals surface area contributed by atoms with Crippen molar-refractivity contribution in [2.75, 3.05) is 0 Å². The maximum absolute atomic E-state index is 12.5. The third-order valence-electron chi connectivity index (χ3n) is 4.41. The summed E-state index contributed by atoms with van der Waals surface area (Å²) < 4.78 is 0. The van der Waals surface area contributed by atoms with Crippen LogP contribution in [0.25, 0.3) is 0 Å². The number of carboxylic acids is 2. The van der Waals surface area contributed by atoms with Crippen LogP contribution in [0.4, 0.5) is 0 Å². The highest BCUT2D eigenvalue weighted by atomic mass is 16.4. The number of hydrogen-bond donors (Lipinski definition) is 8. The fourth-order valence-electron chi connectivity index (χ4n) is 2.56. The summed E-state index contributed by atoms with van der Waals surface area (Å²) in [6.45, 7) is 2.52. The molecular formula is C18H28N6O8. The minimum atomic E-state index is -1.51. The van der Waals surface area contributed by atoms with Crippen molar-refractivity contribution in [1.82, 2.24) is 25.9 Å². The van der Waals surface area contributed by atoms with E-state index in [9.17, 15) is 34.2 Å². The summed E-state index contributed by atoms with van der Waals surface area (Å²) in [5, 5.41) is 34.7. The van der Waals surface area contributed by atoms with Crippen LogP contribution >= 0.6 is 0 Å². The van der Waals surface area contributed by atoms with Crippen LogP contribution in [-0.4, -0.2) is 85.2 Å². The number of hydrogen-bond acceptors (Lipinski definition) is 8. The lowest BCUT2D eigenvalue weighted by atomic mass is 10.1. The van der Waals surface area contributed by atoms with E-state index in [-0.39, 0.29) is 19.3 Å². The highest BCUT2D eigenvalue weighted by Crippen LogP contribution is 2.02. The summed E-state index contributed by atoms with van der Waals surface area (Å²) in [6.07, 6.45) is 0.771. The average Bonchev–Trinajstić information content (AvgIpc) is 3.21. The molecule has 0 fully saturated rings. The van der Waals surface area contributed by atoms with Crippen molar-refractivity contribution in [1.29, 1.82) is 0 Å². The first-order valence-electron chi connectivity index (χ1n) is 9.69. The molecule has 178 valence electrons. The Kier molecular flexibility index (Phi) is 10.2. The molecule has 1 rings (SSSR count). The molecule has 9 N–H and O–H groups in total. The van der Waals surface area contributed by atoms with Gasteiger partial charge in [0.25, 0.3) is 0 Å². The lowest BCUT2D eigenvalue weighted by molar-refractivity contribution is -0.143. The molecule has 1 aromatic rings. The number of aliphatic carboxylic acids is 2. The van der Waals surface area contributed by atoms with Crippen LogP contribution in [0.15, 0.2) is 12.5 Å². The molecule has 1 heterocycles. The molecule has 0 saturated carbocycles. The van der Waals surface area contributed by atoms with Gasteiger partial charge in [0.15, 0.2) is 0 Å². The number of carboxylic acid groups (broad SMARTS) is 2. The number of nitrogens with two attached hydrogens (primary N) is 1. The summed E-state index contributed by atoms with van der Waals surface area (Å²) in [4.78, 5) is 65.4. The van der Waals surface area contributed by atoms with Crippen LogP contribution in [0.5, 0.6) is 0 Å². The lowest BCUT2D eigenvalue weighted by Crippen LogP contribution is -2.59. The maximum atomic E-state index is 12.5. The molecule has 0 bridgehead atoms. The zero-order chi connectivity index (χ0) is 24.4. The van der Waals surface area contributed by atoms with Gasteiger partial charge in [-0.1, -0.05) is 0 Å². The standard InChI is InChI=1S/C18H28N6O8/c1-8(22-16(29)11(19)3-4-13(26)27)15(28)24-14(9(2)25)17(30)23-12(18(31)32)5-10-6-20-7-21-10/h6-9,11-12,14,25H,3-5,19H2,1-2H3,(H,20,21)(H,22,29)(H,23,30)(H,24,28)(H,26,27)(H,31,32). The Bertz CT molecular complexity index is 812. The number of amides is 3. The van der Waals surface area contributed by atoms with E-state index in [1.54, 1.807) is 0 Å². The van der Waals surface area contributed by atoms with Crippen molar-refractivity contribution in [2.24, 2.45) is 5.73 Å². The second-order valence-corrected chi connectivity index (χ2v) is 7.18. The number of H-pyrrole nitrogens is 1. The molecule has 0 spiro atoms. The number of imidazole rings is 1. The van der Waals surface area contributed by atoms with Crippen molar-refractivity contribution in [2.45, 2.75) is 63.4 Å². The third-order valence-corrected chi connectivity index (χ3v) is 4.41. The van der Waals surface area contributed by atoms with Gasteiger partial charge in [0.05, 0.1) is 18.5 Å². The van der Waals surface area contributed by atoms with Gasteiger partial charge >= 0.3 is 11.9 Å². The van der Waals surface area contributed by atoms with Gasteiger partial charge in [0, 0.05) is 24.7 Å². The second-order valence-electron chi connectivity index (χ2n) is 7.18. The molecule has 14 nitrogen and oxygen atoms in total. The molecule has 0 aromatic carbocycles. The predicted octanol–water partition coefficient (Wildman–Crippen LogP) is -2.92. The van der Waals surface area contributed by atoms with Crippen molar-refractivity contribution in [3.05, 3.63) is 18.2 Å². The first kappa shape index (κ1) is 26.5. The van der Waals surface area contributed by atoms with E-state index in [2.05, 4.69) is 25.9 Å². The van der Waals surface area contributed by atoms with Crippen LogP contribution in [0.2, 0.25) is 0 Å². The van der Waals surface area contributed by atoms with E-state index in [1.165, 1.54) is 26.4 Å². The number of carbonyl (C=O) groups excluding carboxylic acids is 3. The fraction of sp³-hybridized carbons (Fsp3) is 0.556. The van der Waals surface area contributed by atoms with Gasteiger partial charge in [-0.2, -0.15) is 0 Å². The summed E-state index contributed by atoms with van der Waals surface area (Å²) >= 11 is 0. The van der Waals surface area contributed by atoms with Crippen LogP contribution in [-0.2, 0) is 30.4 Å². The van der Waals surface area contributed by atoms with Crippen molar-refractivity contribution < 1.29 is 39.3 Å². The smallest absolute Gasteiger partial charge is 0.326 e. The molecule has 5 atom stereocenters. The Morgan fingerprint density at radius 1 is 1.06 bits per heavy atom. The van der Waals surface area contributed by atoms with Crippen LogP contribution in [0, 0.1) is 0 Å². The van der Waals surface area contributed by atoms with Crippen molar-refractivity contribution >= 4 is 29.7 Å². The number of aromatic nitrogens is 2. The van der Waals surface area contributed by atoms with Gasteiger partial charge < -0.3 is 42.0 Å². The van der Waals surface area contributed by atoms with E-state index in [4.69, 9.17) is 10.8 Å². The molecule has 0 aliphatic rings. The summed E-state index contributed by atoms with van der Waals surface area (Å²) in [6, 6.07) is -5.19. The van der Waals surface area contributed by atoms with E-state index in [1.807, 2.05) is 0 Å². The van der Waals surface area contributed by atoms with Gasteiger partial charge in [-0.25, -0.2) is 9.78 Å². The number of nitrogens with one attached hydrogen (secondary N) is 4. The number of aliphatic hydroxyl groups excluding tert-OH is 1. The monoisotopic (exact) mass is 456 g/mol. The van der Waals surface area contributed by atoms with Crippen molar-refractivity contribution in [3.63, 3.8) is 0 Å². The third kappa shape index (κ3) is 8.69. The van der Waals surface area contributed by atoms with Crippen LogP contribution in [0.3, 0.4) is 0 Å². The topological polar surface area (TPSA) is 237 Å². The average molecular weight is 456 g/mol.